The van der Waals surface area contributed by atoms with Gasteiger partial charge < -0.3 is 14.4 Å². The van der Waals surface area contributed by atoms with E-state index in [1.54, 1.807) is 6.07 Å². The summed E-state index contributed by atoms with van der Waals surface area (Å²) in [4.78, 5) is 54.5. The van der Waals surface area contributed by atoms with Crippen molar-refractivity contribution >= 4 is 52.2 Å². The fourth-order valence-electron chi connectivity index (χ4n) is 4.62. The molecule has 2 amide bonds. The molecule has 0 radical (unpaired) electrons. The molecule has 1 aromatic heterocycles. The number of nitrogens with zero attached hydrogens (tertiary/aromatic N) is 2. The summed E-state index contributed by atoms with van der Waals surface area (Å²) in [5.74, 6) is -1.01. The van der Waals surface area contributed by atoms with Crippen molar-refractivity contribution in [1.29, 1.82) is 0 Å². The zero-order valence-corrected chi connectivity index (χ0v) is 21.1. The minimum absolute atomic E-state index is 0.0746. The van der Waals surface area contributed by atoms with Crippen molar-refractivity contribution < 1.29 is 23.9 Å². The Kier molecular flexibility index (Phi) is 6.68. The van der Waals surface area contributed by atoms with Crippen LogP contribution in [0.5, 0.6) is 0 Å². The van der Waals surface area contributed by atoms with Crippen LogP contribution >= 0.6 is 23.1 Å². The zero-order valence-electron chi connectivity index (χ0n) is 19.5. The first-order valence-electron chi connectivity index (χ1n) is 11.5. The molecule has 0 bridgehead atoms. The van der Waals surface area contributed by atoms with Crippen LogP contribution in [0, 0.1) is 5.41 Å². The van der Waals surface area contributed by atoms with Gasteiger partial charge in [-0.05, 0) is 28.6 Å². The molecule has 3 atom stereocenters. The molecule has 36 heavy (non-hydrogen) atoms. The summed E-state index contributed by atoms with van der Waals surface area (Å²) in [6, 6.07) is 21.7. The van der Waals surface area contributed by atoms with Gasteiger partial charge in [-0.15, -0.1) is 23.1 Å². The van der Waals surface area contributed by atoms with Crippen molar-refractivity contribution in [2.75, 3.05) is 17.2 Å². The number of benzene rings is 2. The van der Waals surface area contributed by atoms with E-state index in [1.165, 1.54) is 39.8 Å². The Labute approximate surface area is 217 Å². The van der Waals surface area contributed by atoms with E-state index in [4.69, 9.17) is 4.74 Å². The third kappa shape index (κ3) is 4.22. The van der Waals surface area contributed by atoms with E-state index in [9.17, 15) is 19.2 Å². The van der Waals surface area contributed by atoms with Crippen molar-refractivity contribution in [3.05, 3.63) is 89.3 Å². The van der Waals surface area contributed by atoms with Gasteiger partial charge in [0, 0.05) is 19.2 Å². The monoisotopic (exact) mass is 520 g/mol. The first-order chi connectivity index (χ1) is 17.4. The summed E-state index contributed by atoms with van der Waals surface area (Å²) in [7, 11) is 0. The molecule has 2 aromatic carbocycles. The molecule has 3 aromatic rings. The maximum Gasteiger partial charge on any atom is 0.322 e. The molecule has 184 valence electrons. The normalized spacial score (nSPS) is 22.9. The molecule has 2 fully saturated rings. The standard InChI is InChI=1S/C27H24N2O5S2/c1-18(31)29(21-13-8-14-35-21)22-24(32)28-15-27(16-30,17-36-25(22)28)26(33)34-23(19-9-4-2-5-10-19)20-11-6-3-7-12-20/h2-14,16,22-23,25H,15,17H2,1H3/t22?,25-,27?/m1/s1. The lowest BCUT2D eigenvalue weighted by atomic mass is 9.88. The van der Waals surface area contributed by atoms with Crippen molar-refractivity contribution in [3.8, 4) is 0 Å². The number of thioether (sulfide) groups is 1. The van der Waals surface area contributed by atoms with E-state index in [0.29, 0.717) is 11.3 Å². The van der Waals surface area contributed by atoms with Crippen LogP contribution in [0.15, 0.2) is 78.2 Å². The Morgan fingerprint density at radius 1 is 1.06 bits per heavy atom. The maximum atomic E-state index is 13.5. The van der Waals surface area contributed by atoms with Crippen molar-refractivity contribution in [1.82, 2.24) is 4.90 Å². The van der Waals surface area contributed by atoms with Crippen LogP contribution in [0.2, 0.25) is 0 Å². The molecular formula is C27H24N2O5S2. The van der Waals surface area contributed by atoms with E-state index in [2.05, 4.69) is 0 Å². The lowest BCUT2D eigenvalue weighted by Gasteiger charge is -2.55. The average Bonchev–Trinajstić information content (AvgIpc) is 3.45. The van der Waals surface area contributed by atoms with Gasteiger partial charge in [-0.3, -0.25) is 19.3 Å². The quantitative estimate of drug-likeness (QED) is 0.203. The molecule has 2 unspecified atom stereocenters. The second kappa shape index (κ2) is 9.91. The molecule has 0 N–H and O–H groups in total. The van der Waals surface area contributed by atoms with Crippen molar-refractivity contribution in [2.24, 2.45) is 5.41 Å². The van der Waals surface area contributed by atoms with Crippen LogP contribution in [-0.2, 0) is 23.9 Å². The third-order valence-electron chi connectivity index (χ3n) is 6.50. The third-order valence-corrected chi connectivity index (χ3v) is 8.90. The summed E-state index contributed by atoms with van der Waals surface area (Å²) in [5.41, 5.74) is 0.0771. The van der Waals surface area contributed by atoms with Crippen LogP contribution in [0.1, 0.15) is 24.2 Å². The molecule has 9 heteroatoms. The molecule has 7 nitrogen and oxygen atoms in total. The SMILES string of the molecule is CC(=O)N(c1cccs1)C1C(=O)N2CC(C=O)(C(=O)OC(c3ccccc3)c3ccccc3)CS[C@H]12. The number of carbonyl (C=O) groups is 4. The molecular weight excluding hydrogens is 496 g/mol. The lowest BCUT2D eigenvalue weighted by Crippen LogP contribution is -2.74. The molecule has 5 rings (SSSR count). The fraction of sp³-hybridized carbons (Fsp3) is 0.259. The molecule has 0 spiro atoms. The zero-order chi connectivity index (χ0) is 25.3. The van der Waals surface area contributed by atoms with Gasteiger partial charge in [-0.25, -0.2) is 0 Å². The highest BCUT2D eigenvalue weighted by Gasteiger charge is 2.60. The predicted octanol–water partition coefficient (Wildman–Crippen LogP) is 3.90. The van der Waals surface area contributed by atoms with Gasteiger partial charge in [-0.1, -0.05) is 60.7 Å². The molecule has 0 aliphatic carbocycles. The summed E-state index contributed by atoms with van der Waals surface area (Å²) in [6.07, 6.45) is -0.0832. The van der Waals surface area contributed by atoms with Gasteiger partial charge in [0.1, 0.15) is 23.1 Å². The lowest BCUT2D eigenvalue weighted by molar-refractivity contribution is -0.165. The molecule has 3 heterocycles. The average molecular weight is 521 g/mol. The van der Waals surface area contributed by atoms with Crippen molar-refractivity contribution in [3.63, 3.8) is 0 Å². The summed E-state index contributed by atoms with van der Waals surface area (Å²) in [6.45, 7) is 1.36. The van der Waals surface area contributed by atoms with E-state index >= 15 is 0 Å². The number of ether oxygens (including phenoxy) is 1. The molecule has 0 saturated carbocycles. The summed E-state index contributed by atoms with van der Waals surface area (Å²) >= 11 is 2.72. The van der Waals surface area contributed by atoms with E-state index in [0.717, 1.165) is 11.1 Å². The number of thiophene rings is 1. The molecule has 2 aliphatic heterocycles. The highest BCUT2D eigenvalue weighted by molar-refractivity contribution is 8.00. The van der Waals surface area contributed by atoms with Gasteiger partial charge in [0.05, 0.1) is 5.00 Å². The Hall–Kier alpha value is -3.43. The van der Waals surface area contributed by atoms with Gasteiger partial charge >= 0.3 is 5.97 Å². The smallest absolute Gasteiger partial charge is 0.322 e. The number of aldehydes is 1. The van der Waals surface area contributed by atoms with Gasteiger partial charge in [0.2, 0.25) is 11.8 Å². The van der Waals surface area contributed by atoms with Gasteiger partial charge in [0.15, 0.2) is 6.10 Å². The number of β-lactam (4-membered cyclic amide) rings is 1. The summed E-state index contributed by atoms with van der Waals surface area (Å²) in [5, 5.41) is 2.22. The Morgan fingerprint density at radius 2 is 1.69 bits per heavy atom. The maximum absolute atomic E-state index is 13.5. The number of hydrogen-bond acceptors (Lipinski definition) is 7. The number of carbonyl (C=O) groups excluding carboxylic acids is 4. The Balaban J connectivity index is 1.37. The Bertz CT molecular complexity index is 1230. The molecule has 2 aliphatic rings. The van der Waals surface area contributed by atoms with E-state index < -0.39 is 23.5 Å². The molecule has 2 saturated heterocycles. The number of fused-ring (bicyclic) bond motifs is 1. The topological polar surface area (TPSA) is 84.0 Å². The Morgan fingerprint density at radius 3 is 2.22 bits per heavy atom. The van der Waals surface area contributed by atoms with Gasteiger partial charge in [-0.2, -0.15) is 0 Å². The fourth-order valence-corrected chi connectivity index (χ4v) is 6.96. The van der Waals surface area contributed by atoms with Crippen LogP contribution in [0.4, 0.5) is 5.00 Å². The minimum Gasteiger partial charge on any atom is -0.452 e. The summed E-state index contributed by atoms with van der Waals surface area (Å²) < 4.78 is 5.99. The number of anilines is 1. The first kappa shape index (κ1) is 24.3. The second-order valence-corrected chi connectivity index (χ2v) is 10.9. The van der Waals surface area contributed by atoms with Crippen LogP contribution in [0.3, 0.4) is 0 Å². The number of amides is 2. The number of esters is 1. The predicted molar refractivity (Wildman–Crippen MR) is 139 cm³/mol. The van der Waals surface area contributed by atoms with Crippen molar-refractivity contribution in [2.45, 2.75) is 24.4 Å². The van der Waals surface area contributed by atoms with Crippen LogP contribution in [0.25, 0.3) is 0 Å². The first-order valence-corrected chi connectivity index (χ1v) is 13.4. The van der Waals surface area contributed by atoms with E-state index in [-0.39, 0.29) is 29.5 Å². The second-order valence-electron chi connectivity index (χ2n) is 8.83. The van der Waals surface area contributed by atoms with Gasteiger partial charge in [0.25, 0.3) is 0 Å². The number of hydrogen-bond donors (Lipinski definition) is 0. The van der Waals surface area contributed by atoms with E-state index in [1.807, 2.05) is 72.1 Å². The number of rotatable bonds is 7. The highest BCUT2D eigenvalue weighted by Crippen LogP contribution is 2.45. The largest absolute Gasteiger partial charge is 0.452 e. The van der Waals surface area contributed by atoms with Crippen LogP contribution < -0.4 is 4.90 Å². The minimum atomic E-state index is -1.49. The highest BCUT2D eigenvalue weighted by atomic mass is 32.2. The van der Waals surface area contributed by atoms with Crippen LogP contribution in [-0.4, -0.2) is 52.7 Å².